The fourth-order valence-electron chi connectivity index (χ4n) is 2.74. The zero-order chi connectivity index (χ0) is 19.4. The molecular formula is C19H20F3N5. The highest BCUT2D eigenvalue weighted by Gasteiger charge is 2.30. The number of hydrogen-bond donors (Lipinski definition) is 2. The van der Waals surface area contributed by atoms with Gasteiger partial charge in [-0.25, -0.2) is 9.97 Å². The molecule has 142 valence electrons. The van der Waals surface area contributed by atoms with Crippen LogP contribution >= 0.6 is 0 Å². The van der Waals surface area contributed by atoms with Gasteiger partial charge in [0, 0.05) is 18.7 Å². The van der Waals surface area contributed by atoms with E-state index in [9.17, 15) is 13.2 Å². The zero-order valence-corrected chi connectivity index (χ0v) is 14.8. The molecule has 27 heavy (non-hydrogen) atoms. The molecule has 5 nitrogen and oxygen atoms in total. The zero-order valence-electron chi connectivity index (χ0n) is 14.8. The first-order chi connectivity index (χ1) is 12.9. The molecule has 8 heteroatoms. The van der Waals surface area contributed by atoms with Crippen LogP contribution in [0.15, 0.2) is 36.4 Å². The number of aromatic nitrogens is 3. The van der Waals surface area contributed by atoms with Crippen molar-refractivity contribution in [1.29, 1.82) is 0 Å². The standard InChI is InChI=1S/C19H20F3N5/c1-2-3-9-24-17-16-15(26-18(23)27-17)8-7-14(25-16)11-12-5-4-6-13(10-12)19(20,21)22/h4-8,10H,2-3,9,11H2,1H3,(H3,23,24,26,27). The van der Waals surface area contributed by atoms with Crippen LogP contribution < -0.4 is 11.1 Å². The molecule has 0 saturated carbocycles. The molecule has 0 amide bonds. The second-order valence-corrected chi connectivity index (χ2v) is 6.26. The van der Waals surface area contributed by atoms with E-state index in [1.165, 1.54) is 6.07 Å². The lowest BCUT2D eigenvalue weighted by molar-refractivity contribution is -0.137. The molecular weight excluding hydrogens is 355 g/mol. The Labute approximate surface area is 154 Å². The van der Waals surface area contributed by atoms with E-state index in [4.69, 9.17) is 5.73 Å². The molecule has 0 aliphatic heterocycles. The second kappa shape index (κ2) is 7.77. The average Bonchev–Trinajstić information content (AvgIpc) is 2.62. The van der Waals surface area contributed by atoms with Crippen LogP contribution in [-0.4, -0.2) is 21.5 Å². The number of benzene rings is 1. The van der Waals surface area contributed by atoms with Gasteiger partial charge in [0.2, 0.25) is 5.95 Å². The van der Waals surface area contributed by atoms with Crippen molar-refractivity contribution >= 4 is 22.8 Å². The van der Waals surface area contributed by atoms with Crippen LogP contribution in [-0.2, 0) is 12.6 Å². The summed E-state index contributed by atoms with van der Waals surface area (Å²) in [5.41, 5.74) is 7.40. The Balaban J connectivity index is 1.92. The number of fused-ring (bicyclic) bond motifs is 1. The minimum absolute atomic E-state index is 0.147. The maximum Gasteiger partial charge on any atom is 0.416 e. The van der Waals surface area contributed by atoms with Gasteiger partial charge < -0.3 is 11.1 Å². The van der Waals surface area contributed by atoms with Gasteiger partial charge in [0.15, 0.2) is 5.82 Å². The normalized spacial score (nSPS) is 11.7. The van der Waals surface area contributed by atoms with E-state index in [0.717, 1.165) is 31.5 Å². The molecule has 0 bridgehead atoms. The molecule has 0 fully saturated rings. The van der Waals surface area contributed by atoms with Gasteiger partial charge in [-0.1, -0.05) is 31.5 Å². The number of nitrogens with zero attached hydrogens (tertiary/aromatic N) is 3. The van der Waals surface area contributed by atoms with Gasteiger partial charge in [0.05, 0.1) is 11.1 Å². The first kappa shape index (κ1) is 18.9. The lowest BCUT2D eigenvalue weighted by Gasteiger charge is -2.11. The Morgan fingerprint density at radius 2 is 1.89 bits per heavy atom. The summed E-state index contributed by atoms with van der Waals surface area (Å²) >= 11 is 0. The molecule has 0 unspecified atom stereocenters. The van der Waals surface area contributed by atoms with Crippen LogP contribution in [0.25, 0.3) is 11.0 Å². The van der Waals surface area contributed by atoms with Gasteiger partial charge >= 0.3 is 6.18 Å². The molecule has 3 N–H and O–H groups in total. The summed E-state index contributed by atoms with van der Waals surface area (Å²) in [6.45, 7) is 2.81. The summed E-state index contributed by atoms with van der Waals surface area (Å²) in [5.74, 6) is 0.686. The first-order valence-electron chi connectivity index (χ1n) is 8.70. The molecule has 1 aromatic carbocycles. The maximum absolute atomic E-state index is 12.9. The van der Waals surface area contributed by atoms with Crippen LogP contribution in [0.1, 0.15) is 36.6 Å². The van der Waals surface area contributed by atoms with Crippen molar-refractivity contribution in [1.82, 2.24) is 15.0 Å². The van der Waals surface area contributed by atoms with Gasteiger partial charge in [0.25, 0.3) is 0 Å². The number of nitrogens with two attached hydrogens (primary N) is 1. The molecule has 0 aliphatic rings. The molecule has 0 saturated heterocycles. The van der Waals surface area contributed by atoms with E-state index in [1.54, 1.807) is 18.2 Å². The quantitative estimate of drug-likeness (QED) is 0.624. The monoisotopic (exact) mass is 375 g/mol. The molecule has 2 heterocycles. The highest BCUT2D eigenvalue weighted by Crippen LogP contribution is 2.30. The number of nitrogen functional groups attached to an aromatic ring is 1. The Kier molecular flexibility index (Phi) is 5.43. The van der Waals surface area contributed by atoms with Gasteiger partial charge in [-0.2, -0.15) is 18.2 Å². The van der Waals surface area contributed by atoms with Crippen molar-refractivity contribution in [3.05, 3.63) is 53.2 Å². The van der Waals surface area contributed by atoms with Crippen molar-refractivity contribution in [2.75, 3.05) is 17.6 Å². The fourth-order valence-corrected chi connectivity index (χ4v) is 2.74. The van der Waals surface area contributed by atoms with Crippen molar-refractivity contribution < 1.29 is 13.2 Å². The third kappa shape index (κ3) is 4.64. The van der Waals surface area contributed by atoms with Gasteiger partial charge in [-0.05, 0) is 30.2 Å². The highest BCUT2D eigenvalue weighted by molar-refractivity contribution is 5.86. The van der Waals surface area contributed by atoms with Crippen LogP contribution in [0.5, 0.6) is 0 Å². The molecule has 3 aromatic rings. The molecule has 3 rings (SSSR count). The summed E-state index contributed by atoms with van der Waals surface area (Å²) < 4.78 is 38.7. The number of alkyl halides is 3. The average molecular weight is 375 g/mol. The Morgan fingerprint density at radius 1 is 1.07 bits per heavy atom. The Morgan fingerprint density at radius 3 is 2.63 bits per heavy atom. The molecule has 0 aliphatic carbocycles. The number of anilines is 2. The maximum atomic E-state index is 12.9. The van der Waals surface area contributed by atoms with Crippen LogP contribution in [0.2, 0.25) is 0 Å². The minimum Gasteiger partial charge on any atom is -0.368 e. The Bertz CT molecular complexity index is 940. The molecule has 0 radical (unpaired) electrons. The lowest BCUT2D eigenvalue weighted by Crippen LogP contribution is -2.08. The van der Waals surface area contributed by atoms with Crippen LogP contribution in [0.3, 0.4) is 0 Å². The third-order valence-electron chi connectivity index (χ3n) is 4.08. The van der Waals surface area contributed by atoms with E-state index < -0.39 is 11.7 Å². The fraction of sp³-hybridized carbons (Fsp3) is 0.316. The molecule has 0 atom stereocenters. The smallest absolute Gasteiger partial charge is 0.368 e. The van der Waals surface area contributed by atoms with Crippen molar-refractivity contribution in [2.24, 2.45) is 0 Å². The van der Waals surface area contributed by atoms with E-state index >= 15 is 0 Å². The van der Waals surface area contributed by atoms with E-state index in [1.807, 2.05) is 0 Å². The first-order valence-corrected chi connectivity index (χ1v) is 8.70. The topological polar surface area (TPSA) is 76.7 Å². The SMILES string of the molecule is CCCCNc1nc(N)nc2ccc(Cc3cccc(C(F)(F)F)c3)nc12. The highest BCUT2D eigenvalue weighted by atomic mass is 19.4. The third-order valence-corrected chi connectivity index (χ3v) is 4.08. The van der Waals surface area contributed by atoms with Gasteiger partial charge in [-0.15, -0.1) is 0 Å². The Hall–Kier alpha value is -2.90. The predicted molar refractivity (Wildman–Crippen MR) is 99.4 cm³/mol. The number of halogens is 3. The van der Waals surface area contributed by atoms with E-state index in [2.05, 4.69) is 27.2 Å². The molecule has 2 aromatic heterocycles. The number of hydrogen-bond acceptors (Lipinski definition) is 5. The van der Waals surface area contributed by atoms with E-state index in [-0.39, 0.29) is 12.4 Å². The summed E-state index contributed by atoms with van der Waals surface area (Å²) in [5, 5.41) is 3.21. The van der Waals surface area contributed by atoms with E-state index in [0.29, 0.717) is 28.1 Å². The number of pyridine rings is 1. The summed E-state index contributed by atoms with van der Waals surface area (Å²) in [7, 11) is 0. The number of nitrogens with one attached hydrogen (secondary N) is 1. The van der Waals surface area contributed by atoms with Crippen LogP contribution in [0.4, 0.5) is 24.9 Å². The minimum atomic E-state index is -4.37. The van der Waals surface area contributed by atoms with Gasteiger partial charge in [0.1, 0.15) is 5.52 Å². The second-order valence-electron chi connectivity index (χ2n) is 6.26. The lowest BCUT2D eigenvalue weighted by atomic mass is 10.1. The molecule has 0 spiro atoms. The van der Waals surface area contributed by atoms with Crippen molar-refractivity contribution in [3.8, 4) is 0 Å². The summed E-state index contributed by atoms with van der Waals surface area (Å²) in [4.78, 5) is 12.9. The van der Waals surface area contributed by atoms with Crippen molar-refractivity contribution in [3.63, 3.8) is 0 Å². The predicted octanol–water partition coefficient (Wildman–Crippen LogP) is 4.43. The number of unbranched alkanes of at least 4 members (excludes halogenated alkanes) is 1. The summed E-state index contributed by atoms with van der Waals surface area (Å²) in [6, 6.07) is 8.76. The number of rotatable bonds is 6. The largest absolute Gasteiger partial charge is 0.416 e. The van der Waals surface area contributed by atoms with Crippen LogP contribution in [0, 0.1) is 0 Å². The van der Waals surface area contributed by atoms with Crippen molar-refractivity contribution in [2.45, 2.75) is 32.4 Å². The summed E-state index contributed by atoms with van der Waals surface area (Å²) in [6.07, 6.45) is -2.09. The van der Waals surface area contributed by atoms with Gasteiger partial charge in [-0.3, -0.25) is 0 Å².